The average molecular weight is 559 g/mol. The normalized spacial score (nSPS) is 41.8. The Morgan fingerprint density at radius 3 is 2.35 bits per heavy atom. The second kappa shape index (κ2) is 8.57. The number of rotatable bonds is 2. The van der Waals surface area contributed by atoms with Crippen LogP contribution in [-0.4, -0.2) is 86.5 Å². The molecule has 2 aliphatic carbocycles. The summed E-state index contributed by atoms with van der Waals surface area (Å²) in [6.07, 6.45) is -6.58. The van der Waals surface area contributed by atoms with Gasteiger partial charge in [-0.2, -0.15) is 0 Å². The Morgan fingerprint density at radius 1 is 0.925 bits per heavy atom. The van der Waals surface area contributed by atoms with Crippen molar-refractivity contribution in [1.82, 2.24) is 0 Å². The van der Waals surface area contributed by atoms with Crippen LogP contribution in [-0.2, 0) is 28.5 Å². The van der Waals surface area contributed by atoms with E-state index in [0.29, 0.717) is 12.8 Å². The summed E-state index contributed by atoms with van der Waals surface area (Å²) in [6, 6.07) is 0. The largest absolute Gasteiger partial charge is 0.507 e. The second-order valence-corrected chi connectivity index (χ2v) is 11.5. The SMILES string of the molecule is C[C@@H]1O[C@@H]2CC(=O)O[C@@H]2c2c(O)c3c(c(O)c21)C(=O)C1=C(C3=O)[C@@H]2C[C@H](O[C@H]3CC[C@H](O)[C@H](C)O3)[C@]1(O)[C@H](C)O2. The molecule has 12 nitrogen and oxygen atoms in total. The van der Waals surface area contributed by atoms with Crippen molar-refractivity contribution in [2.75, 3.05) is 0 Å². The summed E-state index contributed by atoms with van der Waals surface area (Å²) in [5, 5.41) is 44.9. The monoisotopic (exact) mass is 558 g/mol. The highest BCUT2D eigenvalue weighted by Crippen LogP contribution is 2.57. The minimum atomic E-state index is -2.07. The number of ether oxygens (including phenoxy) is 5. The van der Waals surface area contributed by atoms with E-state index in [9.17, 15) is 34.8 Å². The Balaban J connectivity index is 1.34. The molecule has 0 saturated carbocycles. The molecule has 4 N–H and O–H groups in total. The van der Waals surface area contributed by atoms with Gasteiger partial charge in [-0.15, -0.1) is 0 Å². The zero-order valence-corrected chi connectivity index (χ0v) is 22.1. The molecule has 5 heterocycles. The average Bonchev–Trinajstić information content (AvgIpc) is 3.26. The van der Waals surface area contributed by atoms with E-state index in [1.807, 2.05) is 0 Å². The second-order valence-electron chi connectivity index (χ2n) is 11.5. The van der Waals surface area contributed by atoms with Crippen LogP contribution in [0.3, 0.4) is 0 Å². The number of carbonyl (C=O) groups is 3. The number of esters is 1. The maximum atomic E-state index is 14.2. The van der Waals surface area contributed by atoms with Crippen molar-refractivity contribution in [2.45, 2.75) is 107 Å². The van der Waals surface area contributed by atoms with Crippen molar-refractivity contribution in [2.24, 2.45) is 0 Å². The fourth-order valence-electron chi connectivity index (χ4n) is 7.31. The third kappa shape index (κ3) is 3.25. The number of ketones is 2. The van der Waals surface area contributed by atoms with E-state index in [1.165, 1.54) is 0 Å². The predicted octanol–water partition coefficient (Wildman–Crippen LogP) is 1.41. The smallest absolute Gasteiger partial charge is 0.309 e. The van der Waals surface area contributed by atoms with Crippen LogP contribution >= 0.6 is 0 Å². The van der Waals surface area contributed by atoms with Crippen molar-refractivity contribution in [3.8, 4) is 11.5 Å². The summed E-state index contributed by atoms with van der Waals surface area (Å²) >= 11 is 0. The summed E-state index contributed by atoms with van der Waals surface area (Å²) in [4.78, 5) is 40.2. The summed E-state index contributed by atoms with van der Waals surface area (Å²) in [5.41, 5.74) is -3.18. The Morgan fingerprint density at radius 2 is 1.62 bits per heavy atom. The Hall–Kier alpha value is -2.87. The van der Waals surface area contributed by atoms with Crippen LogP contribution in [0.2, 0.25) is 0 Å². The molecule has 0 radical (unpaired) electrons. The summed E-state index contributed by atoms with van der Waals surface area (Å²) in [7, 11) is 0. The number of hydrogen-bond donors (Lipinski definition) is 4. The van der Waals surface area contributed by atoms with Crippen molar-refractivity contribution >= 4 is 17.5 Å². The lowest BCUT2D eigenvalue weighted by atomic mass is 9.63. The van der Waals surface area contributed by atoms with E-state index in [2.05, 4.69) is 0 Å². The molecule has 1 aromatic carbocycles. The maximum Gasteiger partial charge on any atom is 0.309 e. The maximum absolute atomic E-state index is 14.2. The molecular formula is C28H30O12. The van der Waals surface area contributed by atoms with Crippen molar-refractivity contribution in [3.63, 3.8) is 0 Å². The zero-order chi connectivity index (χ0) is 28.4. The third-order valence-corrected chi connectivity index (χ3v) is 9.31. The Kier molecular flexibility index (Phi) is 5.58. The molecule has 5 aliphatic heterocycles. The molecule has 8 rings (SSSR count). The molecule has 214 valence electrons. The van der Waals surface area contributed by atoms with Gasteiger partial charge >= 0.3 is 5.97 Å². The van der Waals surface area contributed by atoms with Crippen LogP contribution in [0.1, 0.15) is 90.5 Å². The summed E-state index contributed by atoms with van der Waals surface area (Å²) in [6.45, 7) is 4.88. The fourth-order valence-corrected chi connectivity index (χ4v) is 7.31. The molecule has 10 atom stereocenters. The number of aliphatic hydroxyl groups is 2. The first-order valence-electron chi connectivity index (χ1n) is 13.6. The van der Waals surface area contributed by atoms with E-state index < -0.39 is 101 Å². The van der Waals surface area contributed by atoms with Gasteiger partial charge in [0.1, 0.15) is 23.2 Å². The number of Topliss-reactive ketones (excluding diaryl/α,β-unsaturated/α-hetero) is 2. The van der Waals surface area contributed by atoms with Gasteiger partial charge < -0.3 is 44.1 Å². The minimum Gasteiger partial charge on any atom is -0.507 e. The highest BCUT2D eigenvalue weighted by molar-refractivity contribution is 6.30. The molecule has 0 unspecified atom stereocenters. The molecule has 12 heteroatoms. The van der Waals surface area contributed by atoms with Crippen LogP contribution in [0.4, 0.5) is 0 Å². The lowest BCUT2D eigenvalue weighted by Crippen LogP contribution is -2.67. The van der Waals surface area contributed by atoms with Gasteiger partial charge in [-0.05, 0) is 27.2 Å². The first-order chi connectivity index (χ1) is 18.9. The number of aliphatic hydroxyl groups excluding tert-OH is 1. The molecule has 0 amide bonds. The first kappa shape index (κ1) is 26.1. The van der Waals surface area contributed by atoms with E-state index >= 15 is 0 Å². The van der Waals surface area contributed by atoms with Gasteiger partial charge in [0.15, 0.2) is 24.0 Å². The lowest BCUT2D eigenvalue weighted by molar-refractivity contribution is -0.291. The molecule has 2 bridgehead atoms. The van der Waals surface area contributed by atoms with Crippen LogP contribution < -0.4 is 0 Å². The van der Waals surface area contributed by atoms with E-state index in [1.54, 1.807) is 20.8 Å². The van der Waals surface area contributed by atoms with Gasteiger partial charge in [-0.25, -0.2) is 0 Å². The predicted molar refractivity (Wildman–Crippen MR) is 131 cm³/mol. The quantitative estimate of drug-likeness (QED) is 0.303. The summed E-state index contributed by atoms with van der Waals surface area (Å²) in [5.74, 6) is -3.28. The fraction of sp³-hybridized carbons (Fsp3) is 0.607. The number of hydrogen-bond acceptors (Lipinski definition) is 12. The minimum absolute atomic E-state index is 0.0374. The number of fused-ring (bicyclic) bond motifs is 6. The first-order valence-corrected chi connectivity index (χ1v) is 13.6. The van der Waals surface area contributed by atoms with E-state index in [0.717, 1.165) is 0 Å². The van der Waals surface area contributed by atoms with Gasteiger partial charge in [0, 0.05) is 35.1 Å². The molecular weight excluding hydrogens is 528 g/mol. The highest BCUT2D eigenvalue weighted by Gasteiger charge is 2.64. The molecule has 3 fully saturated rings. The van der Waals surface area contributed by atoms with Crippen LogP contribution in [0.5, 0.6) is 11.5 Å². The molecule has 7 aliphatic rings. The van der Waals surface area contributed by atoms with Crippen LogP contribution in [0.25, 0.3) is 0 Å². The molecule has 40 heavy (non-hydrogen) atoms. The molecule has 0 aromatic heterocycles. The lowest BCUT2D eigenvalue weighted by Gasteiger charge is -2.54. The Labute approximate surface area is 228 Å². The van der Waals surface area contributed by atoms with Gasteiger partial charge in [0.05, 0.1) is 54.2 Å². The van der Waals surface area contributed by atoms with Crippen LogP contribution in [0.15, 0.2) is 11.1 Å². The molecule has 1 aromatic rings. The van der Waals surface area contributed by atoms with Gasteiger partial charge in [0.2, 0.25) is 0 Å². The number of benzene rings is 1. The topological polar surface area (TPSA) is 178 Å². The number of aromatic hydroxyl groups is 2. The molecule has 3 saturated heterocycles. The zero-order valence-electron chi connectivity index (χ0n) is 22.1. The van der Waals surface area contributed by atoms with E-state index in [-0.39, 0.29) is 35.1 Å². The van der Waals surface area contributed by atoms with Crippen molar-refractivity contribution < 1.29 is 58.5 Å². The number of carbonyl (C=O) groups excluding carboxylic acids is 3. The number of phenolic OH excluding ortho intramolecular Hbond substituents is 2. The Bertz CT molecular complexity index is 1400. The van der Waals surface area contributed by atoms with Gasteiger partial charge in [0.25, 0.3) is 0 Å². The van der Waals surface area contributed by atoms with E-state index in [4.69, 9.17) is 23.7 Å². The van der Waals surface area contributed by atoms with Gasteiger partial charge in [-0.1, -0.05) is 0 Å². The molecule has 0 spiro atoms. The van der Waals surface area contributed by atoms with Crippen LogP contribution in [0, 0.1) is 0 Å². The number of phenols is 2. The highest BCUT2D eigenvalue weighted by atomic mass is 16.7. The van der Waals surface area contributed by atoms with Gasteiger partial charge in [-0.3, -0.25) is 14.4 Å². The standard InChI is InChI=1S/C28H30O12/c1-8-11(29)4-5-16(37-8)39-14-6-12-18-22(28(14,35)10(3)38-12)26(34)20-19(24(18)32)25(33)21-17(23(20)31)9(2)36-13-7-15(30)40-27(13)21/h8-14,16,27,29,31,33,35H,4-7H2,1-3H3/t8-,9-,10-,11-,12-,13+,14-,16-,27-,28+/m0/s1. The van der Waals surface area contributed by atoms with Crippen molar-refractivity contribution in [1.29, 1.82) is 0 Å². The third-order valence-electron chi connectivity index (χ3n) is 9.31. The van der Waals surface area contributed by atoms with Crippen molar-refractivity contribution in [3.05, 3.63) is 33.4 Å². The summed E-state index contributed by atoms with van der Waals surface area (Å²) < 4.78 is 29.1.